The highest BCUT2D eigenvalue weighted by Crippen LogP contribution is 2.24. The molecule has 1 N–H and O–H groups in total. The minimum absolute atomic E-state index is 0.793. The maximum Gasteiger partial charge on any atom is 0.203 e. The lowest BCUT2D eigenvalue weighted by Gasteiger charge is -2.32. The number of thiazole rings is 1. The lowest BCUT2D eigenvalue weighted by Crippen LogP contribution is -2.43. The Morgan fingerprint density at radius 3 is 2.54 bits per heavy atom. The third kappa shape index (κ3) is 5.04. The van der Waals surface area contributed by atoms with E-state index in [9.17, 15) is 0 Å². The summed E-state index contributed by atoms with van der Waals surface area (Å²) in [5.41, 5.74) is 7.55. The smallest absolute Gasteiger partial charge is 0.203 e. The van der Waals surface area contributed by atoms with E-state index < -0.39 is 0 Å². The molecular weight excluding hydrogens is 366 g/mol. The average Bonchev–Trinajstić information content (AvgIpc) is 3.21. The van der Waals surface area contributed by atoms with Gasteiger partial charge in [-0.25, -0.2) is 4.98 Å². The Morgan fingerprint density at radius 2 is 1.79 bits per heavy atom. The first-order valence-corrected chi connectivity index (χ1v) is 10.4. The first kappa shape index (κ1) is 18.8. The van der Waals surface area contributed by atoms with Gasteiger partial charge in [0.05, 0.1) is 11.9 Å². The van der Waals surface area contributed by atoms with Crippen LogP contribution in [0.1, 0.15) is 11.1 Å². The molecule has 2 aromatic carbocycles. The largest absolute Gasteiger partial charge is 0.304 e. The molecule has 2 heterocycles. The fraction of sp³-hybridized carbons (Fsp3) is 0.273. The van der Waals surface area contributed by atoms with E-state index in [4.69, 9.17) is 0 Å². The number of hydrazone groups is 1. The maximum absolute atomic E-state index is 4.58. The number of nitrogens with one attached hydrogen (secondary N) is 1. The third-order valence-electron chi connectivity index (χ3n) is 4.93. The van der Waals surface area contributed by atoms with Crippen LogP contribution in [0.3, 0.4) is 0 Å². The molecule has 1 saturated heterocycles. The number of likely N-dealkylation sites (N-methyl/N-ethyl adjacent to an activating group) is 1. The number of benzene rings is 2. The summed E-state index contributed by atoms with van der Waals surface area (Å²) in [7, 11) is 2.19. The molecule has 28 heavy (non-hydrogen) atoms. The standard InChI is InChI=1S/C22H25N5S/c1-26-11-13-27(14-12-26)16-19-9-7-18(8-10-19)15-23-25-22-24-21(17-28-22)20-5-3-2-4-6-20/h2-10,15,17H,11-14,16H2,1H3,(H,24,25). The summed E-state index contributed by atoms with van der Waals surface area (Å²) in [5, 5.41) is 7.16. The molecule has 6 heteroatoms. The van der Waals surface area contributed by atoms with E-state index in [2.05, 4.69) is 68.8 Å². The topological polar surface area (TPSA) is 43.8 Å². The van der Waals surface area contributed by atoms with Gasteiger partial charge < -0.3 is 4.90 Å². The second-order valence-electron chi connectivity index (χ2n) is 7.09. The molecule has 1 aliphatic heterocycles. The van der Waals surface area contributed by atoms with Gasteiger partial charge in [0.2, 0.25) is 5.13 Å². The second-order valence-corrected chi connectivity index (χ2v) is 7.95. The molecule has 1 fully saturated rings. The summed E-state index contributed by atoms with van der Waals surface area (Å²) >= 11 is 1.56. The van der Waals surface area contributed by atoms with E-state index in [1.54, 1.807) is 11.3 Å². The van der Waals surface area contributed by atoms with Gasteiger partial charge in [0.25, 0.3) is 0 Å². The van der Waals surface area contributed by atoms with Gasteiger partial charge >= 0.3 is 0 Å². The quantitative estimate of drug-likeness (QED) is 0.509. The van der Waals surface area contributed by atoms with Crippen molar-refractivity contribution in [3.63, 3.8) is 0 Å². The summed E-state index contributed by atoms with van der Waals surface area (Å²) in [6.45, 7) is 5.61. The van der Waals surface area contributed by atoms with E-state index in [1.165, 1.54) is 5.56 Å². The normalized spacial score (nSPS) is 15.9. The molecule has 0 unspecified atom stereocenters. The van der Waals surface area contributed by atoms with Crippen molar-refractivity contribution in [1.29, 1.82) is 0 Å². The molecule has 1 aromatic heterocycles. The van der Waals surface area contributed by atoms with Crippen LogP contribution in [0.5, 0.6) is 0 Å². The van der Waals surface area contributed by atoms with Gasteiger partial charge in [0.1, 0.15) is 0 Å². The van der Waals surface area contributed by atoms with Crippen LogP contribution in [0.25, 0.3) is 11.3 Å². The number of hydrogen-bond acceptors (Lipinski definition) is 6. The van der Waals surface area contributed by atoms with Gasteiger partial charge in [-0.2, -0.15) is 5.10 Å². The Bertz CT molecular complexity index is 896. The highest BCUT2D eigenvalue weighted by Gasteiger charge is 2.13. The predicted octanol–water partition coefficient (Wildman–Crippen LogP) is 4.00. The van der Waals surface area contributed by atoms with Crippen molar-refractivity contribution in [2.75, 3.05) is 38.7 Å². The number of hydrogen-bond donors (Lipinski definition) is 1. The van der Waals surface area contributed by atoms with E-state index in [-0.39, 0.29) is 0 Å². The lowest BCUT2D eigenvalue weighted by atomic mass is 10.1. The zero-order chi connectivity index (χ0) is 19.2. The minimum Gasteiger partial charge on any atom is -0.304 e. The van der Waals surface area contributed by atoms with Gasteiger partial charge in [0.15, 0.2) is 0 Å². The van der Waals surface area contributed by atoms with Crippen molar-refractivity contribution in [3.05, 3.63) is 71.1 Å². The molecule has 0 aliphatic carbocycles. The van der Waals surface area contributed by atoms with Crippen molar-refractivity contribution >= 4 is 22.7 Å². The van der Waals surface area contributed by atoms with Crippen LogP contribution in [-0.2, 0) is 6.54 Å². The van der Waals surface area contributed by atoms with Crippen molar-refractivity contribution in [2.24, 2.45) is 5.10 Å². The third-order valence-corrected chi connectivity index (χ3v) is 5.68. The molecule has 4 rings (SSSR count). The highest BCUT2D eigenvalue weighted by atomic mass is 32.1. The maximum atomic E-state index is 4.58. The molecule has 5 nitrogen and oxygen atoms in total. The number of rotatable bonds is 6. The SMILES string of the molecule is CN1CCN(Cc2ccc(C=NNc3nc(-c4ccccc4)cs3)cc2)CC1. The summed E-state index contributed by atoms with van der Waals surface area (Å²) in [6.07, 6.45) is 1.84. The van der Waals surface area contributed by atoms with Gasteiger partial charge in [-0.15, -0.1) is 11.3 Å². The Balaban J connectivity index is 1.30. The Hall–Kier alpha value is -2.54. The zero-order valence-electron chi connectivity index (χ0n) is 16.1. The molecule has 0 radical (unpaired) electrons. The van der Waals surface area contributed by atoms with Crippen LogP contribution < -0.4 is 5.43 Å². The molecule has 3 aromatic rings. The predicted molar refractivity (Wildman–Crippen MR) is 118 cm³/mol. The second kappa shape index (κ2) is 9.10. The first-order chi connectivity index (χ1) is 13.8. The minimum atomic E-state index is 0.793. The summed E-state index contributed by atoms with van der Waals surface area (Å²) in [5.74, 6) is 0. The molecular formula is C22H25N5S. The fourth-order valence-electron chi connectivity index (χ4n) is 3.20. The fourth-order valence-corrected chi connectivity index (χ4v) is 3.87. The Morgan fingerprint density at radius 1 is 1.04 bits per heavy atom. The number of nitrogens with zero attached hydrogens (tertiary/aromatic N) is 4. The van der Waals surface area contributed by atoms with Crippen LogP contribution in [-0.4, -0.2) is 54.2 Å². The molecule has 0 bridgehead atoms. The van der Waals surface area contributed by atoms with Crippen molar-refractivity contribution in [2.45, 2.75) is 6.54 Å². The lowest BCUT2D eigenvalue weighted by molar-refractivity contribution is 0.148. The number of aromatic nitrogens is 1. The molecule has 144 valence electrons. The molecule has 0 spiro atoms. The van der Waals surface area contributed by atoms with Crippen LogP contribution in [0, 0.1) is 0 Å². The monoisotopic (exact) mass is 391 g/mol. The summed E-state index contributed by atoms with van der Waals surface area (Å²) in [6, 6.07) is 18.8. The van der Waals surface area contributed by atoms with Crippen LogP contribution in [0.15, 0.2) is 65.1 Å². The molecule has 0 amide bonds. The van der Waals surface area contributed by atoms with Gasteiger partial charge in [-0.1, -0.05) is 54.6 Å². The van der Waals surface area contributed by atoms with Crippen molar-refractivity contribution < 1.29 is 0 Å². The molecule has 0 saturated carbocycles. The van der Waals surface area contributed by atoms with Crippen molar-refractivity contribution in [1.82, 2.24) is 14.8 Å². The molecule has 0 atom stereocenters. The molecule has 1 aliphatic rings. The van der Waals surface area contributed by atoms with E-state index in [0.29, 0.717) is 0 Å². The van der Waals surface area contributed by atoms with Crippen LogP contribution in [0.2, 0.25) is 0 Å². The van der Waals surface area contributed by atoms with Gasteiger partial charge in [0, 0.05) is 43.7 Å². The Kier molecular flexibility index (Phi) is 6.11. The van der Waals surface area contributed by atoms with E-state index >= 15 is 0 Å². The van der Waals surface area contributed by atoms with Crippen molar-refractivity contribution in [3.8, 4) is 11.3 Å². The number of anilines is 1. The number of piperazine rings is 1. The van der Waals surface area contributed by atoms with Gasteiger partial charge in [-0.05, 0) is 18.2 Å². The van der Waals surface area contributed by atoms with E-state index in [1.807, 2.05) is 29.8 Å². The van der Waals surface area contributed by atoms with Crippen LogP contribution >= 0.6 is 11.3 Å². The zero-order valence-corrected chi connectivity index (χ0v) is 16.9. The Labute approximate surface area is 170 Å². The van der Waals surface area contributed by atoms with E-state index in [0.717, 1.165) is 54.7 Å². The highest BCUT2D eigenvalue weighted by molar-refractivity contribution is 7.14. The average molecular weight is 392 g/mol. The van der Waals surface area contributed by atoms with Gasteiger partial charge in [-0.3, -0.25) is 10.3 Å². The van der Waals surface area contributed by atoms with Crippen LogP contribution in [0.4, 0.5) is 5.13 Å². The summed E-state index contributed by atoms with van der Waals surface area (Å²) in [4.78, 5) is 9.48. The summed E-state index contributed by atoms with van der Waals surface area (Å²) < 4.78 is 0. The first-order valence-electron chi connectivity index (χ1n) is 9.56.